The zero-order chi connectivity index (χ0) is 18.6. The molecule has 3 amide bonds. The minimum absolute atomic E-state index is 0.0167. The van der Waals surface area contributed by atoms with Gasteiger partial charge in [0.1, 0.15) is 5.60 Å². The highest BCUT2D eigenvalue weighted by molar-refractivity contribution is 5.80. The standard InChI is InChI=1S/C18H31N3O4/c1-13(12-21-9-5-6-15(21)22)19-16(23)14-7-10-20(11-8-14)17(24)25-18(2,3)4/h13-14H,5-12H2,1-4H3,(H,19,23)/t13-/m0/s1. The van der Waals surface area contributed by atoms with Crippen molar-refractivity contribution in [2.45, 2.75) is 65.0 Å². The van der Waals surface area contributed by atoms with Crippen LogP contribution in [0.4, 0.5) is 4.79 Å². The summed E-state index contributed by atoms with van der Waals surface area (Å²) in [7, 11) is 0. The Morgan fingerprint density at radius 2 is 1.88 bits per heavy atom. The minimum atomic E-state index is -0.506. The number of rotatable bonds is 4. The zero-order valence-electron chi connectivity index (χ0n) is 15.8. The Labute approximate surface area is 150 Å². The van der Waals surface area contributed by atoms with Crippen molar-refractivity contribution in [2.75, 3.05) is 26.2 Å². The second kappa shape index (κ2) is 8.06. The van der Waals surface area contributed by atoms with Crippen molar-refractivity contribution in [3.05, 3.63) is 0 Å². The number of likely N-dealkylation sites (tertiary alicyclic amines) is 2. The van der Waals surface area contributed by atoms with E-state index in [1.807, 2.05) is 32.6 Å². The summed E-state index contributed by atoms with van der Waals surface area (Å²) in [4.78, 5) is 39.6. The highest BCUT2D eigenvalue weighted by atomic mass is 16.6. The first-order valence-electron chi connectivity index (χ1n) is 9.22. The summed E-state index contributed by atoms with van der Waals surface area (Å²) in [5, 5.41) is 3.01. The monoisotopic (exact) mass is 353 g/mol. The Morgan fingerprint density at radius 3 is 2.40 bits per heavy atom. The van der Waals surface area contributed by atoms with Gasteiger partial charge in [-0.2, -0.15) is 0 Å². The fraction of sp³-hybridized carbons (Fsp3) is 0.833. The highest BCUT2D eigenvalue weighted by Gasteiger charge is 2.31. The van der Waals surface area contributed by atoms with Gasteiger partial charge >= 0.3 is 6.09 Å². The normalized spacial score (nSPS) is 20.6. The van der Waals surface area contributed by atoms with Crippen LogP contribution < -0.4 is 5.32 Å². The maximum Gasteiger partial charge on any atom is 0.410 e. The molecule has 25 heavy (non-hydrogen) atoms. The number of piperidine rings is 1. The summed E-state index contributed by atoms with van der Waals surface area (Å²) < 4.78 is 5.37. The van der Waals surface area contributed by atoms with E-state index < -0.39 is 5.60 Å². The molecule has 0 radical (unpaired) electrons. The summed E-state index contributed by atoms with van der Waals surface area (Å²) in [6.07, 6.45) is 2.49. The molecule has 0 aliphatic carbocycles. The predicted octanol–water partition coefficient (Wildman–Crippen LogP) is 1.76. The third kappa shape index (κ3) is 5.90. The Hall–Kier alpha value is -1.79. The molecule has 0 spiro atoms. The van der Waals surface area contributed by atoms with Gasteiger partial charge in [-0.15, -0.1) is 0 Å². The predicted molar refractivity (Wildman–Crippen MR) is 93.9 cm³/mol. The summed E-state index contributed by atoms with van der Waals surface area (Å²) in [6.45, 7) is 9.89. The number of carbonyl (C=O) groups is 3. The van der Waals surface area contributed by atoms with Crippen molar-refractivity contribution in [3.8, 4) is 0 Å². The number of hydrogen-bond donors (Lipinski definition) is 1. The molecule has 2 saturated heterocycles. The van der Waals surface area contributed by atoms with Gasteiger partial charge in [-0.3, -0.25) is 9.59 Å². The molecule has 0 aromatic carbocycles. The van der Waals surface area contributed by atoms with Crippen LogP contribution in [0.5, 0.6) is 0 Å². The molecule has 7 nitrogen and oxygen atoms in total. The van der Waals surface area contributed by atoms with Crippen LogP contribution in [0, 0.1) is 5.92 Å². The largest absolute Gasteiger partial charge is 0.444 e. The first-order valence-corrected chi connectivity index (χ1v) is 9.22. The van der Waals surface area contributed by atoms with E-state index in [1.165, 1.54) is 0 Å². The SMILES string of the molecule is C[C@@H](CN1CCCC1=O)NC(=O)C1CCN(C(=O)OC(C)(C)C)CC1. The van der Waals surface area contributed by atoms with Gasteiger partial charge in [0.2, 0.25) is 11.8 Å². The molecule has 2 heterocycles. The minimum Gasteiger partial charge on any atom is -0.444 e. The number of amides is 3. The van der Waals surface area contributed by atoms with Crippen molar-refractivity contribution in [2.24, 2.45) is 5.92 Å². The van der Waals surface area contributed by atoms with Crippen LogP contribution in [0.3, 0.4) is 0 Å². The van der Waals surface area contributed by atoms with Crippen LogP contribution in [0.15, 0.2) is 0 Å². The van der Waals surface area contributed by atoms with Gasteiger partial charge in [-0.05, 0) is 47.0 Å². The summed E-state index contributed by atoms with van der Waals surface area (Å²) in [5.41, 5.74) is -0.506. The second-order valence-corrected chi connectivity index (χ2v) is 8.09. The van der Waals surface area contributed by atoms with Gasteiger partial charge in [0.15, 0.2) is 0 Å². The fourth-order valence-electron chi connectivity index (χ4n) is 3.28. The molecule has 0 saturated carbocycles. The molecule has 2 aliphatic heterocycles. The van der Waals surface area contributed by atoms with Crippen LogP contribution in [-0.2, 0) is 14.3 Å². The molecule has 2 rings (SSSR count). The molecular weight excluding hydrogens is 322 g/mol. The lowest BCUT2D eigenvalue weighted by Gasteiger charge is -2.33. The van der Waals surface area contributed by atoms with Gasteiger partial charge in [0, 0.05) is 44.6 Å². The fourth-order valence-corrected chi connectivity index (χ4v) is 3.28. The van der Waals surface area contributed by atoms with E-state index >= 15 is 0 Å². The molecule has 0 aromatic rings. The molecule has 0 unspecified atom stereocenters. The third-order valence-corrected chi connectivity index (χ3v) is 4.57. The van der Waals surface area contributed by atoms with Gasteiger partial charge < -0.3 is 19.9 Å². The summed E-state index contributed by atoms with van der Waals surface area (Å²) >= 11 is 0. The zero-order valence-corrected chi connectivity index (χ0v) is 15.8. The second-order valence-electron chi connectivity index (χ2n) is 8.09. The molecule has 1 N–H and O–H groups in total. The van der Waals surface area contributed by atoms with E-state index in [-0.39, 0.29) is 29.9 Å². The maximum absolute atomic E-state index is 12.4. The van der Waals surface area contributed by atoms with Crippen LogP contribution in [0.2, 0.25) is 0 Å². The molecule has 0 bridgehead atoms. The van der Waals surface area contributed by atoms with Crippen molar-refractivity contribution >= 4 is 17.9 Å². The average Bonchev–Trinajstić information content (AvgIpc) is 2.90. The van der Waals surface area contributed by atoms with Crippen LogP contribution in [0.25, 0.3) is 0 Å². The molecule has 1 atom stereocenters. The van der Waals surface area contributed by atoms with Crippen LogP contribution >= 0.6 is 0 Å². The third-order valence-electron chi connectivity index (χ3n) is 4.57. The Balaban J connectivity index is 1.73. The summed E-state index contributed by atoms with van der Waals surface area (Å²) in [6, 6.07) is -0.0570. The van der Waals surface area contributed by atoms with Crippen LogP contribution in [-0.4, -0.2) is 65.5 Å². The molecule has 2 fully saturated rings. The average molecular weight is 353 g/mol. The Kier molecular flexibility index (Phi) is 6.30. The molecular formula is C18H31N3O4. The van der Waals surface area contributed by atoms with E-state index in [9.17, 15) is 14.4 Å². The maximum atomic E-state index is 12.4. The number of nitrogens with zero attached hydrogens (tertiary/aromatic N) is 2. The topological polar surface area (TPSA) is 79.0 Å². The number of nitrogens with one attached hydrogen (secondary N) is 1. The molecule has 0 aromatic heterocycles. The van der Waals surface area contributed by atoms with E-state index in [0.717, 1.165) is 13.0 Å². The van der Waals surface area contributed by atoms with Crippen molar-refractivity contribution < 1.29 is 19.1 Å². The molecule has 2 aliphatic rings. The first-order chi connectivity index (χ1) is 11.7. The van der Waals surface area contributed by atoms with E-state index in [0.29, 0.717) is 38.9 Å². The smallest absolute Gasteiger partial charge is 0.410 e. The quantitative estimate of drug-likeness (QED) is 0.835. The Bertz CT molecular complexity index is 507. The van der Waals surface area contributed by atoms with E-state index in [2.05, 4.69) is 5.32 Å². The lowest BCUT2D eigenvalue weighted by molar-refractivity contribution is -0.130. The first kappa shape index (κ1) is 19.5. The lowest BCUT2D eigenvalue weighted by Crippen LogP contribution is -2.48. The van der Waals surface area contributed by atoms with Crippen molar-refractivity contribution in [1.29, 1.82) is 0 Å². The lowest BCUT2D eigenvalue weighted by atomic mass is 9.96. The Morgan fingerprint density at radius 1 is 1.24 bits per heavy atom. The molecule has 7 heteroatoms. The van der Waals surface area contributed by atoms with Crippen molar-refractivity contribution in [3.63, 3.8) is 0 Å². The molecule has 142 valence electrons. The number of hydrogen-bond acceptors (Lipinski definition) is 4. The van der Waals surface area contributed by atoms with Gasteiger partial charge in [0.05, 0.1) is 0 Å². The van der Waals surface area contributed by atoms with Crippen LogP contribution in [0.1, 0.15) is 53.4 Å². The summed E-state index contributed by atoms with van der Waals surface area (Å²) in [5.74, 6) is 0.102. The number of carbonyl (C=O) groups excluding carboxylic acids is 3. The van der Waals surface area contributed by atoms with Gasteiger partial charge in [-0.1, -0.05) is 0 Å². The van der Waals surface area contributed by atoms with E-state index in [1.54, 1.807) is 4.90 Å². The highest BCUT2D eigenvalue weighted by Crippen LogP contribution is 2.20. The van der Waals surface area contributed by atoms with E-state index in [4.69, 9.17) is 4.74 Å². The van der Waals surface area contributed by atoms with Gasteiger partial charge in [-0.25, -0.2) is 4.79 Å². The van der Waals surface area contributed by atoms with Crippen molar-refractivity contribution in [1.82, 2.24) is 15.1 Å². The number of ether oxygens (including phenoxy) is 1. The van der Waals surface area contributed by atoms with Gasteiger partial charge in [0.25, 0.3) is 0 Å².